The van der Waals surface area contributed by atoms with Gasteiger partial charge in [-0.15, -0.1) is 24.8 Å². The lowest BCUT2D eigenvalue weighted by molar-refractivity contribution is 0.302. The first-order chi connectivity index (χ1) is 11.1. The molecule has 140 valence electrons. The van der Waals surface area contributed by atoms with Gasteiger partial charge in [0.15, 0.2) is 0 Å². The normalized spacial score (nSPS) is 10.1. The van der Waals surface area contributed by atoms with E-state index in [1.165, 1.54) is 0 Å². The second-order valence-corrected chi connectivity index (χ2v) is 6.94. The third kappa shape index (κ3) is 8.63. The van der Waals surface area contributed by atoms with Crippen LogP contribution in [0.25, 0.3) is 0 Å². The maximum absolute atomic E-state index is 6.18. The summed E-state index contributed by atoms with van der Waals surface area (Å²) in [4.78, 5) is 2.16. The van der Waals surface area contributed by atoms with E-state index in [1.54, 1.807) is 0 Å². The molecule has 2 aromatic carbocycles. The van der Waals surface area contributed by atoms with E-state index in [4.69, 9.17) is 16.3 Å². The third-order valence-electron chi connectivity index (χ3n) is 3.41. The summed E-state index contributed by atoms with van der Waals surface area (Å²) in [5.41, 5.74) is 2.12. The van der Waals surface area contributed by atoms with Crippen LogP contribution in [-0.2, 0) is 13.2 Å². The van der Waals surface area contributed by atoms with E-state index in [1.807, 2.05) is 36.4 Å². The lowest BCUT2D eigenvalue weighted by Crippen LogP contribution is -2.26. The molecule has 0 saturated heterocycles. The van der Waals surface area contributed by atoms with Crippen molar-refractivity contribution in [2.75, 3.05) is 27.2 Å². The van der Waals surface area contributed by atoms with Crippen LogP contribution in [0.3, 0.4) is 0 Å². The van der Waals surface area contributed by atoms with Gasteiger partial charge in [0.25, 0.3) is 0 Å². The first-order valence-electron chi connectivity index (χ1n) is 7.56. The number of halogens is 4. The fraction of sp³-hybridized carbons (Fsp3) is 0.333. The molecule has 0 aliphatic heterocycles. The SMILES string of the molecule is CN(C)CCNCc1cc(Br)ccc1OCc1ccccc1Cl.Cl.Cl. The first kappa shape index (κ1) is 24.5. The lowest BCUT2D eigenvalue weighted by atomic mass is 10.2. The van der Waals surface area contributed by atoms with Crippen molar-refractivity contribution in [2.45, 2.75) is 13.2 Å². The highest BCUT2D eigenvalue weighted by molar-refractivity contribution is 9.10. The fourth-order valence-electron chi connectivity index (χ4n) is 2.12. The van der Waals surface area contributed by atoms with E-state index in [-0.39, 0.29) is 24.8 Å². The van der Waals surface area contributed by atoms with Gasteiger partial charge in [0.1, 0.15) is 12.4 Å². The zero-order chi connectivity index (χ0) is 16.7. The summed E-state index contributed by atoms with van der Waals surface area (Å²) in [5, 5.41) is 4.17. The van der Waals surface area contributed by atoms with E-state index in [9.17, 15) is 0 Å². The molecule has 0 unspecified atom stereocenters. The summed E-state index contributed by atoms with van der Waals surface area (Å²) in [6.45, 7) is 3.17. The minimum atomic E-state index is 0. The topological polar surface area (TPSA) is 24.5 Å². The first-order valence-corrected chi connectivity index (χ1v) is 8.73. The van der Waals surface area contributed by atoms with Crippen molar-refractivity contribution in [1.29, 1.82) is 0 Å². The molecule has 7 heteroatoms. The summed E-state index contributed by atoms with van der Waals surface area (Å²) < 4.78 is 7.03. The Balaban J connectivity index is 0.00000288. The monoisotopic (exact) mass is 468 g/mol. The molecule has 0 radical (unpaired) electrons. The Morgan fingerprint density at radius 2 is 1.80 bits per heavy atom. The number of ether oxygens (including phenoxy) is 1. The van der Waals surface area contributed by atoms with E-state index in [2.05, 4.69) is 46.3 Å². The van der Waals surface area contributed by atoms with E-state index >= 15 is 0 Å². The number of nitrogens with one attached hydrogen (secondary N) is 1. The highest BCUT2D eigenvalue weighted by Gasteiger charge is 2.07. The van der Waals surface area contributed by atoms with Crippen LogP contribution in [0.2, 0.25) is 5.02 Å². The van der Waals surface area contributed by atoms with Crippen molar-refractivity contribution in [1.82, 2.24) is 10.2 Å². The molecule has 0 heterocycles. The molecule has 25 heavy (non-hydrogen) atoms. The Morgan fingerprint density at radius 3 is 2.48 bits per heavy atom. The largest absolute Gasteiger partial charge is 0.489 e. The number of likely N-dealkylation sites (N-methyl/N-ethyl adjacent to an activating group) is 1. The second kappa shape index (κ2) is 12.8. The van der Waals surface area contributed by atoms with Gasteiger partial charge in [-0.05, 0) is 38.4 Å². The molecule has 2 rings (SSSR count). The van der Waals surface area contributed by atoms with E-state index < -0.39 is 0 Å². The van der Waals surface area contributed by atoms with Crippen molar-refractivity contribution in [3.05, 3.63) is 63.1 Å². The molecule has 1 N–H and O–H groups in total. The van der Waals surface area contributed by atoms with E-state index in [0.717, 1.165) is 46.0 Å². The van der Waals surface area contributed by atoms with Crippen molar-refractivity contribution < 1.29 is 4.74 Å². The molecule has 0 saturated carbocycles. The van der Waals surface area contributed by atoms with Gasteiger partial charge in [-0.25, -0.2) is 0 Å². The standard InChI is InChI=1S/C18H22BrClN2O.2ClH/c1-22(2)10-9-21-12-15-11-16(19)7-8-18(15)23-13-14-5-3-4-6-17(14)20;;/h3-8,11,21H,9-10,12-13H2,1-2H3;2*1H. The van der Waals surface area contributed by atoms with Gasteiger partial charge >= 0.3 is 0 Å². The zero-order valence-electron chi connectivity index (χ0n) is 14.3. The molecule has 0 aromatic heterocycles. The Bertz CT molecular complexity index is 641. The molecule has 0 bridgehead atoms. The van der Waals surface area contributed by atoms with Crippen molar-refractivity contribution in [3.8, 4) is 5.75 Å². The Kier molecular flexibility index (Phi) is 12.5. The molecule has 0 amide bonds. The quantitative estimate of drug-likeness (QED) is 0.538. The molecular formula is C18H24BrCl3N2O. The van der Waals surface area contributed by atoms with Gasteiger partial charge in [-0.2, -0.15) is 0 Å². The Hall–Kier alpha value is -0.490. The van der Waals surface area contributed by atoms with Crippen LogP contribution < -0.4 is 10.1 Å². The third-order valence-corrected chi connectivity index (χ3v) is 4.28. The molecule has 0 aliphatic rings. The molecule has 3 nitrogen and oxygen atoms in total. The summed E-state index contributed by atoms with van der Waals surface area (Å²) >= 11 is 9.71. The minimum absolute atomic E-state index is 0. The van der Waals surface area contributed by atoms with E-state index in [0.29, 0.717) is 6.61 Å². The molecule has 2 aromatic rings. The average Bonchev–Trinajstić information content (AvgIpc) is 2.52. The predicted molar refractivity (Wildman–Crippen MR) is 115 cm³/mol. The van der Waals surface area contributed by atoms with Crippen molar-refractivity contribution in [2.24, 2.45) is 0 Å². The minimum Gasteiger partial charge on any atom is -0.489 e. The Labute approximate surface area is 176 Å². The molecule has 0 atom stereocenters. The Morgan fingerprint density at radius 1 is 1.08 bits per heavy atom. The number of rotatable bonds is 8. The number of hydrogen-bond acceptors (Lipinski definition) is 3. The number of hydrogen-bond donors (Lipinski definition) is 1. The lowest BCUT2D eigenvalue weighted by Gasteiger charge is -2.14. The summed E-state index contributed by atoms with van der Waals surface area (Å²) in [7, 11) is 4.14. The van der Waals surface area contributed by atoms with Crippen LogP contribution in [0.4, 0.5) is 0 Å². The maximum atomic E-state index is 6.18. The average molecular weight is 471 g/mol. The van der Waals surface area contributed by atoms with Gasteiger partial charge in [0, 0.05) is 40.3 Å². The summed E-state index contributed by atoms with van der Waals surface area (Å²) in [5.74, 6) is 0.880. The highest BCUT2D eigenvalue weighted by Crippen LogP contribution is 2.25. The van der Waals surface area contributed by atoms with Crippen molar-refractivity contribution >= 4 is 52.3 Å². The molecular weight excluding hydrogens is 446 g/mol. The van der Waals surface area contributed by atoms with Gasteiger partial charge in [-0.1, -0.05) is 45.7 Å². The van der Waals surface area contributed by atoms with Crippen LogP contribution in [0.5, 0.6) is 5.75 Å². The van der Waals surface area contributed by atoms with Gasteiger partial charge in [0.2, 0.25) is 0 Å². The zero-order valence-corrected chi connectivity index (χ0v) is 18.3. The van der Waals surface area contributed by atoms with Crippen molar-refractivity contribution in [3.63, 3.8) is 0 Å². The fourth-order valence-corrected chi connectivity index (χ4v) is 2.72. The van der Waals surface area contributed by atoms with Crippen LogP contribution in [0.1, 0.15) is 11.1 Å². The maximum Gasteiger partial charge on any atom is 0.124 e. The van der Waals surface area contributed by atoms with Gasteiger partial charge in [-0.3, -0.25) is 0 Å². The predicted octanol–water partition coefficient (Wildman–Crippen LogP) is 5.18. The van der Waals surface area contributed by atoms with Crippen LogP contribution in [0, 0.1) is 0 Å². The van der Waals surface area contributed by atoms with Gasteiger partial charge < -0.3 is 15.0 Å². The number of nitrogens with zero attached hydrogens (tertiary/aromatic N) is 1. The number of benzene rings is 2. The second-order valence-electron chi connectivity index (χ2n) is 5.61. The van der Waals surface area contributed by atoms with Crippen LogP contribution >= 0.6 is 52.3 Å². The summed E-state index contributed by atoms with van der Waals surface area (Å²) in [6.07, 6.45) is 0. The van der Waals surface area contributed by atoms with Gasteiger partial charge in [0.05, 0.1) is 0 Å². The van der Waals surface area contributed by atoms with Crippen LogP contribution in [0.15, 0.2) is 46.9 Å². The molecule has 0 spiro atoms. The molecule has 0 fully saturated rings. The highest BCUT2D eigenvalue weighted by atomic mass is 79.9. The van der Waals surface area contributed by atoms with Crippen LogP contribution in [-0.4, -0.2) is 32.1 Å². The smallest absolute Gasteiger partial charge is 0.124 e. The molecule has 0 aliphatic carbocycles. The summed E-state index contributed by atoms with van der Waals surface area (Å²) in [6, 6.07) is 13.8.